The van der Waals surface area contributed by atoms with Gasteiger partial charge in [0, 0.05) is 31.7 Å². The molecule has 3 atom stereocenters. The van der Waals surface area contributed by atoms with E-state index in [0.717, 1.165) is 44.5 Å². The standard InChI is InChI=1S/C18H32N2O3/c21-18(19-8-4-9-22-12-14-7-10-23-13-14)20-17-11-16(17)15-5-2-1-3-6-15/h14-17H,1-13H2,(H2,19,20,21)/t14-,16+,17+/m0/s1. The Balaban J connectivity index is 1.17. The van der Waals surface area contributed by atoms with E-state index >= 15 is 0 Å². The van der Waals surface area contributed by atoms with E-state index in [0.29, 0.717) is 25.1 Å². The maximum atomic E-state index is 11.9. The lowest BCUT2D eigenvalue weighted by Gasteiger charge is -2.21. The van der Waals surface area contributed by atoms with Crippen LogP contribution in [0.25, 0.3) is 0 Å². The molecule has 1 heterocycles. The summed E-state index contributed by atoms with van der Waals surface area (Å²) in [6.07, 6.45) is 10.1. The predicted octanol–water partition coefficient (Wildman–Crippen LogP) is 2.70. The van der Waals surface area contributed by atoms with Crippen LogP contribution in [0.1, 0.15) is 51.4 Å². The van der Waals surface area contributed by atoms with Gasteiger partial charge in [0.25, 0.3) is 0 Å². The van der Waals surface area contributed by atoms with E-state index in [9.17, 15) is 4.79 Å². The van der Waals surface area contributed by atoms with E-state index in [2.05, 4.69) is 10.6 Å². The first-order valence-corrected chi connectivity index (χ1v) is 9.53. The summed E-state index contributed by atoms with van der Waals surface area (Å²) < 4.78 is 11.0. The van der Waals surface area contributed by atoms with Crippen molar-refractivity contribution < 1.29 is 14.3 Å². The molecule has 0 aromatic rings. The summed E-state index contributed by atoms with van der Waals surface area (Å²) in [5.74, 6) is 2.18. The molecule has 5 nitrogen and oxygen atoms in total. The highest BCUT2D eigenvalue weighted by atomic mass is 16.5. The van der Waals surface area contributed by atoms with Gasteiger partial charge in [-0.15, -0.1) is 0 Å². The van der Waals surface area contributed by atoms with Gasteiger partial charge in [0.15, 0.2) is 0 Å². The molecule has 0 bridgehead atoms. The van der Waals surface area contributed by atoms with Crippen LogP contribution in [-0.4, -0.2) is 45.0 Å². The highest BCUT2D eigenvalue weighted by Gasteiger charge is 2.43. The molecule has 2 amide bonds. The predicted molar refractivity (Wildman–Crippen MR) is 89.4 cm³/mol. The van der Waals surface area contributed by atoms with E-state index in [-0.39, 0.29) is 6.03 Å². The zero-order chi connectivity index (χ0) is 15.9. The van der Waals surface area contributed by atoms with Gasteiger partial charge in [-0.05, 0) is 31.1 Å². The van der Waals surface area contributed by atoms with Crippen molar-refractivity contribution in [1.82, 2.24) is 10.6 Å². The Kier molecular flexibility index (Phi) is 6.57. The van der Waals surface area contributed by atoms with Crippen LogP contribution < -0.4 is 10.6 Å². The maximum absolute atomic E-state index is 11.9. The van der Waals surface area contributed by atoms with E-state index in [1.807, 2.05) is 0 Å². The van der Waals surface area contributed by atoms with Gasteiger partial charge in [-0.3, -0.25) is 0 Å². The second-order valence-electron chi connectivity index (χ2n) is 7.46. The summed E-state index contributed by atoms with van der Waals surface area (Å²) in [5, 5.41) is 6.08. The smallest absolute Gasteiger partial charge is 0.315 e. The van der Waals surface area contributed by atoms with Crippen molar-refractivity contribution in [2.75, 3.05) is 33.0 Å². The monoisotopic (exact) mass is 324 g/mol. The van der Waals surface area contributed by atoms with Crippen molar-refractivity contribution in [3.05, 3.63) is 0 Å². The fraction of sp³-hybridized carbons (Fsp3) is 0.944. The summed E-state index contributed by atoms with van der Waals surface area (Å²) in [5.41, 5.74) is 0. The minimum atomic E-state index is -0.00231. The molecular weight excluding hydrogens is 292 g/mol. The maximum Gasteiger partial charge on any atom is 0.315 e. The van der Waals surface area contributed by atoms with E-state index in [1.54, 1.807) is 0 Å². The van der Waals surface area contributed by atoms with Crippen molar-refractivity contribution in [3.63, 3.8) is 0 Å². The second-order valence-corrected chi connectivity index (χ2v) is 7.46. The van der Waals surface area contributed by atoms with Crippen LogP contribution in [0.15, 0.2) is 0 Å². The van der Waals surface area contributed by atoms with E-state index < -0.39 is 0 Å². The Labute approximate surface area is 139 Å². The summed E-state index contributed by atoms with van der Waals surface area (Å²) >= 11 is 0. The molecule has 0 unspecified atom stereocenters. The molecule has 3 rings (SSSR count). The summed E-state index contributed by atoms with van der Waals surface area (Å²) in [6.45, 7) is 3.90. The summed E-state index contributed by atoms with van der Waals surface area (Å²) in [4.78, 5) is 11.9. The topological polar surface area (TPSA) is 59.6 Å². The minimum absolute atomic E-state index is 0.00231. The first kappa shape index (κ1) is 17.0. The number of carbonyl (C=O) groups excluding carboxylic acids is 1. The van der Waals surface area contributed by atoms with Gasteiger partial charge < -0.3 is 20.1 Å². The van der Waals surface area contributed by atoms with Gasteiger partial charge in [-0.1, -0.05) is 32.1 Å². The van der Waals surface area contributed by atoms with Gasteiger partial charge in [0.05, 0.1) is 13.2 Å². The number of carbonyl (C=O) groups is 1. The van der Waals surface area contributed by atoms with Crippen LogP contribution in [0.5, 0.6) is 0 Å². The molecule has 1 aliphatic heterocycles. The van der Waals surface area contributed by atoms with Crippen LogP contribution >= 0.6 is 0 Å². The number of ether oxygens (including phenoxy) is 2. The quantitative estimate of drug-likeness (QED) is 0.675. The van der Waals surface area contributed by atoms with Gasteiger partial charge in [0.1, 0.15) is 0 Å². The van der Waals surface area contributed by atoms with Crippen LogP contribution in [0, 0.1) is 17.8 Å². The Bertz CT molecular complexity index is 365. The molecule has 2 N–H and O–H groups in total. The fourth-order valence-electron chi connectivity index (χ4n) is 4.02. The number of amides is 2. The third kappa shape index (κ3) is 5.64. The Morgan fingerprint density at radius 1 is 1.17 bits per heavy atom. The molecule has 2 aliphatic carbocycles. The van der Waals surface area contributed by atoms with E-state index in [4.69, 9.17) is 9.47 Å². The lowest BCUT2D eigenvalue weighted by Crippen LogP contribution is -2.38. The summed E-state index contributed by atoms with van der Waals surface area (Å²) in [6, 6.07) is 0.425. The highest BCUT2D eigenvalue weighted by molar-refractivity contribution is 5.74. The van der Waals surface area contributed by atoms with Gasteiger partial charge in [-0.25, -0.2) is 4.79 Å². The molecule has 3 aliphatic rings. The van der Waals surface area contributed by atoms with Crippen molar-refractivity contribution >= 4 is 6.03 Å². The lowest BCUT2D eigenvalue weighted by atomic mass is 9.85. The molecule has 0 spiro atoms. The molecule has 0 aromatic heterocycles. The van der Waals surface area contributed by atoms with Crippen LogP contribution in [0.2, 0.25) is 0 Å². The average Bonchev–Trinajstić information content (AvgIpc) is 3.13. The highest BCUT2D eigenvalue weighted by Crippen LogP contribution is 2.44. The van der Waals surface area contributed by atoms with Crippen LogP contribution in [0.3, 0.4) is 0 Å². The molecule has 5 heteroatoms. The van der Waals surface area contributed by atoms with Crippen molar-refractivity contribution in [2.24, 2.45) is 17.8 Å². The number of rotatable bonds is 8. The minimum Gasteiger partial charge on any atom is -0.381 e. The Morgan fingerprint density at radius 2 is 2.04 bits per heavy atom. The SMILES string of the molecule is O=C(NCCCOC[C@@H]1CCOC1)N[C@@H]1C[C@@H]1C1CCCCC1. The number of hydrogen-bond acceptors (Lipinski definition) is 3. The van der Waals surface area contributed by atoms with E-state index in [1.165, 1.54) is 38.5 Å². The average molecular weight is 324 g/mol. The molecule has 0 radical (unpaired) electrons. The van der Waals surface area contributed by atoms with Crippen LogP contribution in [0.4, 0.5) is 4.79 Å². The zero-order valence-electron chi connectivity index (χ0n) is 14.2. The van der Waals surface area contributed by atoms with Gasteiger partial charge in [0.2, 0.25) is 0 Å². The first-order chi connectivity index (χ1) is 11.3. The van der Waals surface area contributed by atoms with Gasteiger partial charge in [-0.2, -0.15) is 0 Å². The van der Waals surface area contributed by atoms with Crippen molar-refractivity contribution in [2.45, 2.75) is 57.4 Å². The molecular formula is C18H32N2O3. The molecule has 2 saturated carbocycles. The van der Waals surface area contributed by atoms with Crippen molar-refractivity contribution in [3.8, 4) is 0 Å². The van der Waals surface area contributed by atoms with Gasteiger partial charge >= 0.3 is 6.03 Å². The van der Waals surface area contributed by atoms with Crippen molar-refractivity contribution in [1.29, 1.82) is 0 Å². The molecule has 23 heavy (non-hydrogen) atoms. The normalized spacial score (nSPS) is 31.0. The zero-order valence-corrected chi connectivity index (χ0v) is 14.2. The third-order valence-electron chi connectivity index (χ3n) is 5.54. The third-order valence-corrected chi connectivity index (χ3v) is 5.54. The molecule has 3 fully saturated rings. The lowest BCUT2D eigenvalue weighted by molar-refractivity contribution is 0.0885. The van der Waals surface area contributed by atoms with Crippen LogP contribution in [-0.2, 0) is 9.47 Å². The fourth-order valence-corrected chi connectivity index (χ4v) is 4.02. The first-order valence-electron chi connectivity index (χ1n) is 9.53. The molecule has 0 aromatic carbocycles. The Hall–Kier alpha value is -0.810. The largest absolute Gasteiger partial charge is 0.381 e. The number of hydrogen-bond donors (Lipinski definition) is 2. The number of urea groups is 1. The number of nitrogens with one attached hydrogen (secondary N) is 2. The summed E-state index contributed by atoms with van der Waals surface area (Å²) in [7, 11) is 0. The Morgan fingerprint density at radius 3 is 2.83 bits per heavy atom. The molecule has 132 valence electrons. The second kappa shape index (κ2) is 8.88. The molecule has 1 saturated heterocycles.